The third-order valence-corrected chi connectivity index (χ3v) is 2.45. The molecule has 2 N–H and O–H groups in total. The molecule has 2 aliphatic heterocycles. The Kier molecular flexibility index (Phi) is 1.44. The Balaban J connectivity index is 1.82. The predicted molar refractivity (Wildman–Crippen MR) is 37.4 cm³/mol. The maximum absolute atomic E-state index is 3.50. The van der Waals surface area contributed by atoms with Crippen molar-refractivity contribution in [3.8, 4) is 0 Å². The van der Waals surface area contributed by atoms with E-state index in [4.69, 9.17) is 0 Å². The van der Waals surface area contributed by atoms with Gasteiger partial charge in [0, 0.05) is 12.1 Å². The Morgan fingerprint density at radius 1 is 0.889 bits per heavy atom. The van der Waals surface area contributed by atoms with Crippen LogP contribution < -0.4 is 10.6 Å². The Labute approximate surface area is 56.0 Å². The van der Waals surface area contributed by atoms with Crippen LogP contribution in [-0.4, -0.2) is 25.2 Å². The van der Waals surface area contributed by atoms with Crippen molar-refractivity contribution in [2.24, 2.45) is 0 Å². The van der Waals surface area contributed by atoms with Crippen LogP contribution in [-0.2, 0) is 0 Å². The topological polar surface area (TPSA) is 24.1 Å². The summed E-state index contributed by atoms with van der Waals surface area (Å²) in [5, 5.41) is 6.92. The Bertz CT molecular complexity index is 93.1. The Morgan fingerprint density at radius 3 is 2.11 bits per heavy atom. The Morgan fingerprint density at radius 2 is 1.67 bits per heavy atom. The number of rotatable bonds is 1. The van der Waals surface area contributed by atoms with Gasteiger partial charge in [0.05, 0.1) is 0 Å². The first-order chi connectivity index (χ1) is 4.47. The molecule has 0 aromatic heterocycles. The summed E-state index contributed by atoms with van der Waals surface area (Å²) in [6, 6.07) is 1.62. The van der Waals surface area contributed by atoms with E-state index in [1.165, 1.54) is 32.4 Å². The van der Waals surface area contributed by atoms with Gasteiger partial charge in [0.1, 0.15) is 0 Å². The van der Waals surface area contributed by atoms with Gasteiger partial charge in [-0.1, -0.05) is 0 Å². The second-order valence-corrected chi connectivity index (χ2v) is 3.05. The lowest BCUT2D eigenvalue weighted by Gasteiger charge is -2.32. The lowest BCUT2D eigenvalue weighted by molar-refractivity contribution is 0.299. The highest BCUT2D eigenvalue weighted by molar-refractivity contribution is 4.91. The predicted octanol–water partition coefficient (Wildman–Crippen LogP) is 0.100. The van der Waals surface area contributed by atoms with Crippen molar-refractivity contribution in [1.82, 2.24) is 10.6 Å². The molecule has 2 unspecified atom stereocenters. The molecule has 2 nitrogen and oxygen atoms in total. The minimum Gasteiger partial charge on any atom is -0.312 e. The van der Waals surface area contributed by atoms with Crippen LogP contribution in [0.4, 0.5) is 0 Å². The van der Waals surface area contributed by atoms with Crippen molar-refractivity contribution in [2.45, 2.75) is 31.3 Å². The van der Waals surface area contributed by atoms with Gasteiger partial charge in [-0.3, -0.25) is 0 Å². The van der Waals surface area contributed by atoms with E-state index in [0.717, 1.165) is 12.1 Å². The Hall–Kier alpha value is -0.0800. The molecular formula is C7H14N2. The van der Waals surface area contributed by atoms with Gasteiger partial charge in [0.25, 0.3) is 0 Å². The van der Waals surface area contributed by atoms with E-state index in [1.54, 1.807) is 0 Å². The summed E-state index contributed by atoms with van der Waals surface area (Å²) in [6.07, 6.45) is 4.15. The maximum Gasteiger partial charge on any atom is 0.0233 e. The lowest BCUT2D eigenvalue weighted by atomic mass is 9.97. The standard InChI is InChI=1S/C7H14N2/c1-2-6(8-4-1)7-3-5-9-7/h6-9H,1-5H2. The summed E-state index contributed by atoms with van der Waals surface area (Å²) >= 11 is 0. The van der Waals surface area contributed by atoms with Gasteiger partial charge in [-0.05, 0) is 32.4 Å². The van der Waals surface area contributed by atoms with Gasteiger partial charge < -0.3 is 10.6 Å². The average Bonchev–Trinajstić information content (AvgIpc) is 2.11. The highest BCUT2D eigenvalue weighted by Crippen LogP contribution is 2.15. The fourth-order valence-electron chi connectivity index (χ4n) is 1.71. The smallest absolute Gasteiger partial charge is 0.0233 e. The van der Waals surface area contributed by atoms with E-state index in [1.807, 2.05) is 0 Å². The zero-order chi connectivity index (χ0) is 6.10. The average molecular weight is 126 g/mol. The van der Waals surface area contributed by atoms with E-state index in [2.05, 4.69) is 10.6 Å². The molecule has 2 saturated heterocycles. The first kappa shape index (κ1) is 5.69. The molecule has 2 heterocycles. The first-order valence-corrected chi connectivity index (χ1v) is 3.93. The van der Waals surface area contributed by atoms with Gasteiger partial charge in [0.15, 0.2) is 0 Å². The van der Waals surface area contributed by atoms with Crippen molar-refractivity contribution >= 4 is 0 Å². The van der Waals surface area contributed by atoms with Crippen molar-refractivity contribution in [1.29, 1.82) is 0 Å². The summed E-state index contributed by atoms with van der Waals surface area (Å²) in [7, 11) is 0. The summed E-state index contributed by atoms with van der Waals surface area (Å²) < 4.78 is 0. The summed E-state index contributed by atoms with van der Waals surface area (Å²) in [6.45, 7) is 2.48. The molecule has 0 aromatic carbocycles. The second kappa shape index (κ2) is 2.27. The molecule has 0 amide bonds. The number of nitrogens with one attached hydrogen (secondary N) is 2. The minimum atomic E-state index is 0.804. The third-order valence-electron chi connectivity index (χ3n) is 2.45. The molecule has 2 fully saturated rings. The highest BCUT2D eigenvalue weighted by atomic mass is 15.1. The van der Waals surface area contributed by atoms with Crippen molar-refractivity contribution in [3.63, 3.8) is 0 Å². The summed E-state index contributed by atoms with van der Waals surface area (Å²) in [5.41, 5.74) is 0. The molecule has 0 saturated carbocycles. The fraction of sp³-hybridized carbons (Fsp3) is 1.00. The van der Waals surface area contributed by atoms with Gasteiger partial charge in [-0.2, -0.15) is 0 Å². The van der Waals surface area contributed by atoms with Crippen LogP contribution in [0.1, 0.15) is 19.3 Å². The minimum absolute atomic E-state index is 0.804. The molecule has 0 aromatic rings. The molecule has 2 atom stereocenters. The largest absolute Gasteiger partial charge is 0.312 e. The first-order valence-electron chi connectivity index (χ1n) is 3.93. The van der Waals surface area contributed by atoms with Gasteiger partial charge in [-0.15, -0.1) is 0 Å². The van der Waals surface area contributed by atoms with Gasteiger partial charge >= 0.3 is 0 Å². The molecule has 0 spiro atoms. The van der Waals surface area contributed by atoms with Crippen LogP contribution in [0.25, 0.3) is 0 Å². The SMILES string of the molecule is C1CNC(C2CCN2)C1. The normalized spacial score (nSPS) is 42.7. The van der Waals surface area contributed by atoms with Crippen LogP contribution >= 0.6 is 0 Å². The van der Waals surface area contributed by atoms with Gasteiger partial charge in [0.2, 0.25) is 0 Å². The second-order valence-electron chi connectivity index (χ2n) is 3.05. The summed E-state index contributed by atoms with van der Waals surface area (Å²) in [4.78, 5) is 0. The molecule has 0 bridgehead atoms. The van der Waals surface area contributed by atoms with Crippen LogP contribution in [0, 0.1) is 0 Å². The van der Waals surface area contributed by atoms with E-state index < -0.39 is 0 Å². The number of hydrogen-bond donors (Lipinski definition) is 2. The maximum atomic E-state index is 3.50. The zero-order valence-corrected chi connectivity index (χ0v) is 5.69. The van der Waals surface area contributed by atoms with Crippen LogP contribution in [0.3, 0.4) is 0 Å². The molecular weight excluding hydrogens is 112 g/mol. The monoisotopic (exact) mass is 126 g/mol. The molecule has 0 aliphatic carbocycles. The summed E-state index contributed by atoms with van der Waals surface area (Å²) in [5.74, 6) is 0. The van der Waals surface area contributed by atoms with E-state index in [9.17, 15) is 0 Å². The fourth-order valence-corrected chi connectivity index (χ4v) is 1.71. The van der Waals surface area contributed by atoms with E-state index in [0.29, 0.717) is 0 Å². The van der Waals surface area contributed by atoms with Crippen LogP contribution in [0.2, 0.25) is 0 Å². The molecule has 52 valence electrons. The quantitative estimate of drug-likeness (QED) is 0.520. The third kappa shape index (κ3) is 0.970. The molecule has 2 aliphatic rings. The zero-order valence-electron chi connectivity index (χ0n) is 5.69. The van der Waals surface area contributed by atoms with Crippen LogP contribution in [0.15, 0.2) is 0 Å². The van der Waals surface area contributed by atoms with E-state index in [-0.39, 0.29) is 0 Å². The van der Waals surface area contributed by atoms with E-state index >= 15 is 0 Å². The van der Waals surface area contributed by atoms with Crippen LogP contribution in [0.5, 0.6) is 0 Å². The molecule has 2 heteroatoms. The van der Waals surface area contributed by atoms with Crippen molar-refractivity contribution < 1.29 is 0 Å². The van der Waals surface area contributed by atoms with Crippen molar-refractivity contribution in [3.05, 3.63) is 0 Å². The lowest BCUT2D eigenvalue weighted by Crippen LogP contribution is -2.53. The van der Waals surface area contributed by atoms with Crippen molar-refractivity contribution in [2.75, 3.05) is 13.1 Å². The molecule has 2 rings (SSSR count). The van der Waals surface area contributed by atoms with Gasteiger partial charge in [-0.25, -0.2) is 0 Å². The number of hydrogen-bond acceptors (Lipinski definition) is 2. The molecule has 0 radical (unpaired) electrons. The molecule has 9 heavy (non-hydrogen) atoms. The highest BCUT2D eigenvalue weighted by Gasteiger charge is 2.28.